The molecule has 1 fully saturated rings. The summed E-state index contributed by atoms with van der Waals surface area (Å²) in [7, 11) is 0. The second-order valence-electron chi connectivity index (χ2n) is 8.85. The number of rotatable bonds is 5. The average molecular weight is 418 g/mol. The lowest BCUT2D eigenvalue weighted by molar-refractivity contribution is -0.385. The summed E-state index contributed by atoms with van der Waals surface area (Å²) in [6.07, 6.45) is 4.73. The smallest absolute Gasteiger partial charge is 0.272 e. The summed E-state index contributed by atoms with van der Waals surface area (Å²) in [6, 6.07) is 3.75. The third kappa shape index (κ3) is 4.78. The maximum atomic E-state index is 11.2. The molecule has 1 atom stereocenters. The van der Waals surface area contributed by atoms with Gasteiger partial charge in [0.2, 0.25) is 0 Å². The van der Waals surface area contributed by atoms with Gasteiger partial charge in [-0.15, -0.1) is 11.3 Å². The van der Waals surface area contributed by atoms with Crippen molar-refractivity contribution in [3.05, 3.63) is 49.2 Å². The molecule has 29 heavy (non-hydrogen) atoms. The van der Waals surface area contributed by atoms with Crippen LogP contribution in [0.1, 0.15) is 82.3 Å². The Balaban J connectivity index is 2.10. The summed E-state index contributed by atoms with van der Waals surface area (Å²) in [4.78, 5) is 16.8. The fourth-order valence-electron chi connectivity index (χ4n) is 4.04. The van der Waals surface area contributed by atoms with Gasteiger partial charge >= 0.3 is 0 Å². The zero-order valence-electron chi connectivity index (χ0n) is 18.2. The first kappa shape index (κ1) is 21.7. The second-order valence-corrected chi connectivity index (χ2v) is 9.68. The Labute approximate surface area is 176 Å². The van der Waals surface area contributed by atoms with Crippen molar-refractivity contribution in [1.82, 2.24) is 4.57 Å². The van der Waals surface area contributed by atoms with Gasteiger partial charge in [-0.1, -0.05) is 12.8 Å². The van der Waals surface area contributed by atoms with E-state index in [1.807, 2.05) is 6.92 Å². The van der Waals surface area contributed by atoms with E-state index in [4.69, 9.17) is 9.73 Å². The van der Waals surface area contributed by atoms with E-state index in [1.165, 1.54) is 12.8 Å². The van der Waals surface area contributed by atoms with Crippen molar-refractivity contribution in [3.63, 3.8) is 0 Å². The number of nitro groups is 1. The van der Waals surface area contributed by atoms with Gasteiger partial charge in [-0.3, -0.25) is 10.1 Å². The molecule has 1 aromatic heterocycles. The molecule has 1 heterocycles. The third-order valence-electron chi connectivity index (χ3n) is 5.55. The summed E-state index contributed by atoms with van der Waals surface area (Å²) in [6.45, 7) is 12.0. The van der Waals surface area contributed by atoms with Crippen LogP contribution >= 0.6 is 11.3 Å². The average Bonchev–Trinajstić information content (AvgIpc) is 3.26. The summed E-state index contributed by atoms with van der Waals surface area (Å²) in [5.74, 6) is 0. The fraction of sp³-hybridized carbons (Fsp3) is 0.591. The molecule has 0 spiro atoms. The quantitative estimate of drug-likeness (QED) is 0.423. The first-order valence-electron chi connectivity index (χ1n) is 10.3. The summed E-state index contributed by atoms with van der Waals surface area (Å²) in [5.41, 5.74) is 3.39. The van der Waals surface area contributed by atoms with Crippen LogP contribution in [-0.4, -0.2) is 15.1 Å². The molecule has 7 heteroatoms. The van der Waals surface area contributed by atoms with Gasteiger partial charge in [-0.25, -0.2) is 4.99 Å². The van der Waals surface area contributed by atoms with Gasteiger partial charge in [0.15, 0.2) is 4.80 Å². The number of nitrogens with zero attached hydrogens (tertiary/aromatic N) is 3. The molecule has 158 valence electrons. The number of aromatic nitrogens is 1. The molecule has 0 radical (unpaired) electrons. The highest BCUT2D eigenvalue weighted by Gasteiger charge is 2.26. The molecule has 3 rings (SSSR count). The maximum absolute atomic E-state index is 11.2. The highest BCUT2D eigenvalue weighted by atomic mass is 32.1. The lowest BCUT2D eigenvalue weighted by Gasteiger charge is -2.27. The normalized spacial score (nSPS) is 17.1. The van der Waals surface area contributed by atoms with E-state index in [0.717, 1.165) is 34.6 Å². The minimum atomic E-state index is -0.334. The van der Waals surface area contributed by atoms with Crippen LogP contribution in [0.4, 0.5) is 11.4 Å². The molecule has 0 bridgehead atoms. The van der Waals surface area contributed by atoms with Crippen LogP contribution < -0.4 is 4.80 Å². The van der Waals surface area contributed by atoms with Crippen molar-refractivity contribution in [2.24, 2.45) is 4.99 Å². The predicted molar refractivity (Wildman–Crippen MR) is 117 cm³/mol. The number of hydrogen-bond acceptors (Lipinski definition) is 5. The summed E-state index contributed by atoms with van der Waals surface area (Å²) >= 11 is 1.62. The number of nitro benzene ring substituents is 1. The van der Waals surface area contributed by atoms with E-state index in [9.17, 15) is 10.1 Å². The Kier molecular flexibility index (Phi) is 6.29. The molecular formula is C22H31N3O3S. The largest absolute Gasteiger partial charge is 0.367 e. The van der Waals surface area contributed by atoms with E-state index in [2.05, 4.69) is 37.6 Å². The topological polar surface area (TPSA) is 69.7 Å². The second kappa shape index (κ2) is 8.40. The number of ether oxygens (including phenoxy) is 1. The molecule has 0 aliphatic heterocycles. The van der Waals surface area contributed by atoms with Crippen molar-refractivity contribution in [2.45, 2.75) is 85.0 Å². The van der Waals surface area contributed by atoms with Gasteiger partial charge in [-0.05, 0) is 66.0 Å². The molecule has 1 saturated carbocycles. The molecule has 1 aromatic carbocycles. The van der Waals surface area contributed by atoms with Gasteiger partial charge < -0.3 is 9.30 Å². The molecule has 6 nitrogen and oxygen atoms in total. The van der Waals surface area contributed by atoms with Gasteiger partial charge in [0.1, 0.15) is 0 Å². The highest BCUT2D eigenvalue weighted by molar-refractivity contribution is 7.07. The van der Waals surface area contributed by atoms with Crippen LogP contribution in [0.3, 0.4) is 0 Å². The minimum Gasteiger partial charge on any atom is -0.367 e. The lowest BCUT2D eigenvalue weighted by atomic mass is 10.1. The monoisotopic (exact) mass is 417 g/mol. The Morgan fingerprint density at radius 2 is 1.90 bits per heavy atom. The van der Waals surface area contributed by atoms with Gasteiger partial charge in [-0.2, -0.15) is 0 Å². The van der Waals surface area contributed by atoms with Crippen molar-refractivity contribution >= 4 is 22.7 Å². The highest BCUT2D eigenvalue weighted by Crippen LogP contribution is 2.34. The zero-order chi connectivity index (χ0) is 21.3. The Morgan fingerprint density at radius 3 is 2.48 bits per heavy atom. The van der Waals surface area contributed by atoms with Crippen LogP contribution in [0.2, 0.25) is 0 Å². The van der Waals surface area contributed by atoms with E-state index in [-0.39, 0.29) is 22.3 Å². The molecule has 0 unspecified atom stereocenters. The van der Waals surface area contributed by atoms with Gasteiger partial charge in [0.05, 0.1) is 28.0 Å². The van der Waals surface area contributed by atoms with Crippen LogP contribution in [0.5, 0.6) is 0 Å². The molecular weight excluding hydrogens is 386 g/mol. The molecule has 1 aliphatic carbocycles. The van der Waals surface area contributed by atoms with E-state index in [0.29, 0.717) is 11.6 Å². The van der Waals surface area contributed by atoms with Crippen LogP contribution in [0.15, 0.2) is 22.5 Å². The van der Waals surface area contributed by atoms with Gasteiger partial charge in [0.25, 0.3) is 5.69 Å². The first-order valence-corrected chi connectivity index (χ1v) is 11.1. The molecule has 0 saturated heterocycles. The van der Waals surface area contributed by atoms with Crippen LogP contribution in [0.25, 0.3) is 0 Å². The maximum Gasteiger partial charge on any atom is 0.272 e. The Morgan fingerprint density at radius 1 is 1.24 bits per heavy atom. The summed E-state index contributed by atoms with van der Waals surface area (Å²) < 4.78 is 8.59. The molecule has 0 amide bonds. The lowest BCUT2D eigenvalue weighted by Crippen LogP contribution is -2.26. The van der Waals surface area contributed by atoms with Crippen molar-refractivity contribution in [1.29, 1.82) is 0 Å². The van der Waals surface area contributed by atoms with E-state index in [1.54, 1.807) is 30.4 Å². The van der Waals surface area contributed by atoms with Crippen LogP contribution in [0, 0.1) is 24.0 Å². The molecule has 1 aliphatic rings. The van der Waals surface area contributed by atoms with Gasteiger partial charge in [0, 0.05) is 23.1 Å². The molecule has 2 aromatic rings. The van der Waals surface area contributed by atoms with E-state index >= 15 is 0 Å². The standard InChI is InChI=1S/C22H31N3O3S/c1-14-15(2)19(25(26)27)12-11-18(14)23-21-24(17-9-7-8-10-17)20(13-29-21)16(3)28-22(4,5)6/h11-13,16-17H,7-10H2,1-6H3/t16-/m1/s1. The van der Waals surface area contributed by atoms with Crippen LogP contribution in [-0.2, 0) is 4.74 Å². The Hall–Kier alpha value is -1.99. The van der Waals surface area contributed by atoms with E-state index < -0.39 is 0 Å². The number of thiazole rings is 1. The SMILES string of the molecule is Cc1c(N=c2scc([C@@H](C)OC(C)(C)C)n2C2CCCC2)ccc([N+](=O)[O-])c1C. The van der Waals surface area contributed by atoms with Crippen molar-refractivity contribution in [2.75, 3.05) is 0 Å². The predicted octanol–water partition coefficient (Wildman–Crippen LogP) is 6.30. The Bertz CT molecular complexity index is 963. The summed E-state index contributed by atoms with van der Waals surface area (Å²) in [5, 5.41) is 13.4. The molecule has 0 N–H and O–H groups in total. The zero-order valence-corrected chi connectivity index (χ0v) is 19.0. The fourth-order valence-corrected chi connectivity index (χ4v) is 5.09. The number of hydrogen-bond donors (Lipinski definition) is 0. The first-order chi connectivity index (χ1) is 13.6. The van der Waals surface area contributed by atoms with Crippen molar-refractivity contribution in [3.8, 4) is 0 Å². The van der Waals surface area contributed by atoms with Crippen molar-refractivity contribution < 1.29 is 9.66 Å². The third-order valence-corrected chi connectivity index (χ3v) is 6.41. The minimum absolute atomic E-state index is 0.0320. The number of benzene rings is 1.